The third-order valence-corrected chi connectivity index (χ3v) is 8.46. The molecular weight excluding hydrogens is 482 g/mol. The summed E-state index contributed by atoms with van der Waals surface area (Å²) in [7, 11) is 0. The van der Waals surface area contributed by atoms with Crippen LogP contribution in [0.15, 0.2) is 44.7 Å². The number of aryl methyl sites for hydroxylation is 2. The molecule has 0 saturated carbocycles. The number of aromatic nitrogens is 3. The van der Waals surface area contributed by atoms with Gasteiger partial charge in [-0.05, 0) is 43.4 Å². The Bertz CT molecular complexity index is 1410. The van der Waals surface area contributed by atoms with E-state index in [1.54, 1.807) is 11.3 Å². The Labute approximate surface area is 188 Å². The van der Waals surface area contributed by atoms with E-state index >= 15 is 0 Å². The molecule has 1 aliphatic carbocycles. The summed E-state index contributed by atoms with van der Waals surface area (Å²) in [5.74, 6) is 0.748. The van der Waals surface area contributed by atoms with Crippen LogP contribution in [0.4, 0.5) is 0 Å². The number of allylic oxidation sites excluding steroid dienone is 1. The van der Waals surface area contributed by atoms with Crippen molar-refractivity contribution in [3.63, 3.8) is 0 Å². The number of nitrogens with zero attached hydrogens (tertiary/aromatic N) is 3. The highest BCUT2D eigenvalue weighted by atomic mass is 79.9. The second-order valence-corrected chi connectivity index (χ2v) is 10.4. The third-order valence-electron chi connectivity index (χ3n) is 5.75. The van der Waals surface area contributed by atoms with Crippen LogP contribution in [0.1, 0.15) is 34.1 Å². The maximum atomic E-state index is 13.0. The van der Waals surface area contributed by atoms with E-state index in [0.717, 1.165) is 45.2 Å². The Kier molecular flexibility index (Phi) is 4.23. The van der Waals surface area contributed by atoms with Crippen molar-refractivity contribution in [2.24, 2.45) is 0 Å². The molecule has 6 rings (SSSR count). The zero-order valence-corrected chi connectivity index (χ0v) is 19.0. The van der Waals surface area contributed by atoms with E-state index in [1.807, 2.05) is 34.2 Å². The fourth-order valence-electron chi connectivity index (χ4n) is 4.33. The largest absolute Gasteiger partial charge is 0.510 e. The minimum Gasteiger partial charge on any atom is -0.510 e. The van der Waals surface area contributed by atoms with Gasteiger partial charge in [-0.15, -0.1) is 22.7 Å². The van der Waals surface area contributed by atoms with Crippen molar-refractivity contribution in [3.8, 4) is 11.3 Å². The molecule has 0 radical (unpaired) electrons. The Morgan fingerprint density at radius 2 is 1.90 bits per heavy atom. The van der Waals surface area contributed by atoms with E-state index in [9.17, 15) is 9.90 Å². The van der Waals surface area contributed by atoms with Gasteiger partial charge in [-0.3, -0.25) is 4.79 Å². The maximum absolute atomic E-state index is 13.0. The van der Waals surface area contributed by atoms with Gasteiger partial charge < -0.3 is 9.67 Å². The van der Waals surface area contributed by atoms with Gasteiger partial charge in [0.1, 0.15) is 15.6 Å². The normalized spacial score (nSPS) is 15.6. The number of hydrogen-bond acceptors (Lipinski definition) is 6. The minimum atomic E-state index is -0.187. The summed E-state index contributed by atoms with van der Waals surface area (Å²) < 4.78 is 3.00. The molecule has 3 aromatic heterocycles. The lowest BCUT2D eigenvalue weighted by Gasteiger charge is -2.09. The highest BCUT2D eigenvalue weighted by Gasteiger charge is 2.31. The van der Waals surface area contributed by atoms with Gasteiger partial charge in [-0.25, -0.2) is 4.98 Å². The molecule has 1 N–H and O–H groups in total. The predicted octanol–water partition coefficient (Wildman–Crippen LogP) is 5.55. The van der Waals surface area contributed by atoms with E-state index < -0.39 is 0 Å². The van der Waals surface area contributed by atoms with Crippen molar-refractivity contribution in [2.75, 3.05) is 0 Å². The van der Waals surface area contributed by atoms with Gasteiger partial charge in [-0.2, -0.15) is 4.98 Å². The Hall–Kier alpha value is -2.29. The average Bonchev–Trinajstić information content (AvgIpc) is 3.43. The molecule has 150 valence electrons. The van der Waals surface area contributed by atoms with Crippen LogP contribution in [0.2, 0.25) is 0 Å². The number of rotatable bonds is 2. The Balaban J connectivity index is 1.49. The highest BCUT2D eigenvalue weighted by Crippen LogP contribution is 2.40. The molecule has 0 atom stereocenters. The first kappa shape index (κ1) is 18.5. The van der Waals surface area contributed by atoms with Crippen LogP contribution in [0.25, 0.3) is 27.0 Å². The van der Waals surface area contributed by atoms with Gasteiger partial charge >= 0.3 is 0 Å². The SMILES string of the molecule is O=c1nc2n(c3sc4c(c13)CCCC4)CC(O)=C2c1nc(-c2ccc(Br)cc2)cs1. The molecule has 0 bridgehead atoms. The van der Waals surface area contributed by atoms with Crippen molar-refractivity contribution in [1.29, 1.82) is 0 Å². The average molecular weight is 498 g/mol. The van der Waals surface area contributed by atoms with E-state index in [0.29, 0.717) is 22.9 Å². The summed E-state index contributed by atoms with van der Waals surface area (Å²) in [6, 6.07) is 7.96. The molecule has 4 heterocycles. The molecule has 4 aromatic rings. The van der Waals surface area contributed by atoms with E-state index in [1.165, 1.54) is 28.2 Å². The van der Waals surface area contributed by atoms with Crippen LogP contribution >= 0.6 is 38.6 Å². The smallest absolute Gasteiger partial charge is 0.282 e. The van der Waals surface area contributed by atoms with Gasteiger partial charge in [0.25, 0.3) is 5.56 Å². The molecule has 1 aromatic carbocycles. The van der Waals surface area contributed by atoms with Crippen LogP contribution in [-0.4, -0.2) is 19.6 Å². The molecular formula is C22H16BrN3O2S2. The zero-order chi connectivity index (χ0) is 20.4. The Morgan fingerprint density at radius 1 is 1.10 bits per heavy atom. The molecule has 0 spiro atoms. The summed E-state index contributed by atoms with van der Waals surface area (Å²) in [5, 5.41) is 14.2. The first-order valence-corrected chi connectivity index (χ1v) is 12.3. The lowest BCUT2D eigenvalue weighted by Crippen LogP contribution is -2.16. The van der Waals surface area contributed by atoms with Gasteiger partial charge in [-0.1, -0.05) is 28.1 Å². The topological polar surface area (TPSA) is 68.0 Å². The van der Waals surface area contributed by atoms with E-state index in [-0.39, 0.29) is 11.3 Å². The van der Waals surface area contributed by atoms with Crippen molar-refractivity contribution in [2.45, 2.75) is 32.2 Å². The fraction of sp³-hybridized carbons (Fsp3) is 0.227. The molecule has 8 heteroatoms. The summed E-state index contributed by atoms with van der Waals surface area (Å²) >= 11 is 6.60. The lowest BCUT2D eigenvalue weighted by molar-refractivity contribution is 0.389. The van der Waals surface area contributed by atoms with Crippen LogP contribution < -0.4 is 5.56 Å². The van der Waals surface area contributed by atoms with E-state index in [4.69, 9.17) is 4.98 Å². The number of hydrogen-bond donors (Lipinski definition) is 1. The number of aliphatic hydroxyl groups is 1. The lowest BCUT2D eigenvalue weighted by atomic mass is 9.97. The van der Waals surface area contributed by atoms with Crippen molar-refractivity contribution in [1.82, 2.24) is 14.5 Å². The minimum absolute atomic E-state index is 0.187. The van der Waals surface area contributed by atoms with Crippen molar-refractivity contribution in [3.05, 3.63) is 71.5 Å². The summed E-state index contributed by atoms with van der Waals surface area (Å²) in [6.07, 6.45) is 4.26. The number of benzene rings is 1. The number of fused-ring (bicyclic) bond motifs is 5. The van der Waals surface area contributed by atoms with Gasteiger partial charge in [0.05, 0.1) is 23.2 Å². The zero-order valence-electron chi connectivity index (χ0n) is 15.8. The standard InChI is InChI=1S/C22H16BrN3O2S2/c23-12-7-5-11(6-8-12)14-10-29-21(24-14)18-15(27)9-26-19(18)25-20(28)17-13-3-1-2-4-16(13)30-22(17)26/h5-8,10,27H,1-4,9H2. The van der Waals surface area contributed by atoms with Crippen LogP contribution in [-0.2, 0) is 19.4 Å². The molecule has 0 saturated heterocycles. The predicted molar refractivity (Wildman–Crippen MR) is 124 cm³/mol. The second-order valence-electron chi connectivity index (χ2n) is 7.58. The van der Waals surface area contributed by atoms with Crippen LogP contribution in [0.5, 0.6) is 0 Å². The number of aliphatic hydroxyl groups excluding tert-OH is 1. The molecule has 5 nitrogen and oxygen atoms in total. The quantitative estimate of drug-likeness (QED) is 0.393. The van der Waals surface area contributed by atoms with Gasteiger partial charge in [0, 0.05) is 20.3 Å². The highest BCUT2D eigenvalue weighted by molar-refractivity contribution is 9.10. The first-order chi connectivity index (χ1) is 14.6. The molecule has 0 fully saturated rings. The van der Waals surface area contributed by atoms with E-state index in [2.05, 4.69) is 20.9 Å². The molecule has 0 amide bonds. The number of thiazole rings is 1. The van der Waals surface area contributed by atoms with Crippen molar-refractivity contribution < 1.29 is 5.11 Å². The molecule has 30 heavy (non-hydrogen) atoms. The fourth-order valence-corrected chi connectivity index (χ4v) is 6.86. The third kappa shape index (κ3) is 2.74. The van der Waals surface area contributed by atoms with Crippen LogP contribution in [0, 0.1) is 0 Å². The number of halogens is 1. The van der Waals surface area contributed by atoms with Gasteiger partial charge in [0.15, 0.2) is 5.82 Å². The Morgan fingerprint density at radius 3 is 2.73 bits per heavy atom. The first-order valence-electron chi connectivity index (χ1n) is 9.79. The molecule has 1 aliphatic heterocycles. The monoisotopic (exact) mass is 497 g/mol. The summed E-state index contributed by atoms with van der Waals surface area (Å²) in [5.41, 5.74) is 3.41. The summed E-state index contributed by atoms with van der Waals surface area (Å²) in [6.45, 7) is 0.334. The second kappa shape index (κ2) is 6.87. The van der Waals surface area contributed by atoms with Gasteiger partial charge in [0.2, 0.25) is 0 Å². The number of thiophene rings is 1. The van der Waals surface area contributed by atoms with Crippen LogP contribution in [0.3, 0.4) is 0 Å². The molecule has 2 aliphatic rings. The van der Waals surface area contributed by atoms with Crippen molar-refractivity contribution >= 4 is 54.4 Å². The molecule has 0 unspecified atom stereocenters. The maximum Gasteiger partial charge on any atom is 0.282 e. The summed E-state index contributed by atoms with van der Waals surface area (Å²) in [4.78, 5) is 24.4.